The molecule has 0 aliphatic heterocycles. The average Bonchev–Trinajstić information content (AvgIpc) is 2.01. The number of hydrogen-bond donors (Lipinski definition) is 0. The first kappa shape index (κ1) is 13.5. The maximum atomic E-state index is 2.28. The van der Waals surface area contributed by atoms with Crippen molar-refractivity contribution in [2.24, 2.45) is 11.3 Å². The van der Waals surface area contributed by atoms with Crippen molar-refractivity contribution in [3.8, 4) is 0 Å². The highest BCUT2D eigenvalue weighted by Gasteiger charge is 2.19. The van der Waals surface area contributed by atoms with Crippen LogP contribution in [0.4, 0.5) is 0 Å². The molecule has 0 heterocycles. The minimum atomic E-state index is 0.259. The lowest BCUT2D eigenvalue weighted by molar-refractivity contribution is 0.506. The van der Waals surface area contributed by atoms with Gasteiger partial charge in [-0.15, -0.1) is 0 Å². The predicted octanol–water partition coefficient (Wildman–Crippen LogP) is 4.97. The first-order chi connectivity index (χ1) is 6.21. The van der Waals surface area contributed by atoms with E-state index in [9.17, 15) is 0 Å². The fraction of sp³-hybridized carbons (Fsp3) is 0.714. The molecule has 0 nitrogen and oxygen atoms in total. The lowest BCUT2D eigenvalue weighted by atomic mass is 9.79. The van der Waals surface area contributed by atoms with E-state index < -0.39 is 0 Å². The largest absolute Gasteiger partial charge is 0.0836 e. The zero-order chi connectivity index (χ0) is 11.5. The summed E-state index contributed by atoms with van der Waals surface area (Å²) in [5.41, 5.74) is 4.71. The van der Waals surface area contributed by atoms with Crippen LogP contribution < -0.4 is 0 Å². The van der Waals surface area contributed by atoms with Crippen molar-refractivity contribution in [1.82, 2.24) is 0 Å². The summed E-state index contributed by atoms with van der Waals surface area (Å²) in [5, 5.41) is 0. The Labute approximate surface area is 90.1 Å². The molecule has 14 heavy (non-hydrogen) atoms. The second-order valence-electron chi connectivity index (χ2n) is 5.42. The molecule has 0 saturated heterocycles. The van der Waals surface area contributed by atoms with Gasteiger partial charge in [0.05, 0.1) is 0 Å². The molecule has 0 rings (SSSR count). The molecule has 0 aromatic rings. The Bertz CT molecular complexity index is 244. The van der Waals surface area contributed by atoms with Gasteiger partial charge in [-0.05, 0) is 43.3 Å². The molecule has 0 amide bonds. The summed E-state index contributed by atoms with van der Waals surface area (Å²) in [6, 6.07) is 0. The second kappa shape index (κ2) is 4.82. The maximum absolute atomic E-state index is 2.28. The van der Waals surface area contributed by atoms with Crippen LogP contribution in [0.2, 0.25) is 0 Å². The van der Waals surface area contributed by atoms with Gasteiger partial charge in [-0.2, -0.15) is 0 Å². The second-order valence-corrected chi connectivity index (χ2v) is 5.42. The van der Waals surface area contributed by atoms with Gasteiger partial charge in [-0.3, -0.25) is 0 Å². The Morgan fingerprint density at radius 3 is 1.71 bits per heavy atom. The molecule has 0 saturated carbocycles. The summed E-state index contributed by atoms with van der Waals surface area (Å²) >= 11 is 0. The van der Waals surface area contributed by atoms with Crippen LogP contribution in [0, 0.1) is 11.3 Å². The normalized spacial score (nSPS) is 15.9. The third-order valence-corrected chi connectivity index (χ3v) is 2.96. The zero-order valence-electron chi connectivity index (χ0n) is 11.2. The molecule has 0 unspecified atom stereocenters. The highest BCUT2D eigenvalue weighted by molar-refractivity contribution is 5.37. The van der Waals surface area contributed by atoms with E-state index in [2.05, 4.69) is 61.5 Å². The molecule has 82 valence electrons. The summed E-state index contributed by atoms with van der Waals surface area (Å²) in [7, 11) is 0. The van der Waals surface area contributed by atoms with Crippen molar-refractivity contribution in [3.05, 3.63) is 22.8 Å². The van der Waals surface area contributed by atoms with Gasteiger partial charge < -0.3 is 0 Å². The summed E-state index contributed by atoms with van der Waals surface area (Å²) in [5.74, 6) is 0.646. The van der Waals surface area contributed by atoms with Crippen molar-refractivity contribution >= 4 is 0 Å². The number of rotatable bonds is 2. The van der Waals surface area contributed by atoms with Gasteiger partial charge in [0, 0.05) is 0 Å². The fourth-order valence-electron chi connectivity index (χ4n) is 1.86. The van der Waals surface area contributed by atoms with Crippen LogP contribution in [0.1, 0.15) is 55.4 Å². The molecule has 0 aromatic carbocycles. The summed E-state index contributed by atoms with van der Waals surface area (Å²) in [6.07, 6.45) is 2.25. The Morgan fingerprint density at radius 1 is 1.07 bits per heavy atom. The molecule has 0 radical (unpaired) electrons. The summed E-state index contributed by atoms with van der Waals surface area (Å²) < 4.78 is 0. The van der Waals surface area contributed by atoms with Gasteiger partial charge in [-0.1, -0.05) is 46.3 Å². The van der Waals surface area contributed by atoms with E-state index in [0.29, 0.717) is 5.92 Å². The lowest BCUT2D eigenvalue weighted by Crippen LogP contribution is -2.12. The Kier molecular flexibility index (Phi) is 4.64. The molecule has 0 N–H and O–H groups in total. The van der Waals surface area contributed by atoms with E-state index in [0.717, 1.165) is 0 Å². The Balaban J connectivity index is 5.20. The minimum absolute atomic E-state index is 0.259. The molecular formula is C14H26. The van der Waals surface area contributed by atoms with Crippen LogP contribution >= 0.6 is 0 Å². The topological polar surface area (TPSA) is 0 Å². The van der Waals surface area contributed by atoms with Gasteiger partial charge in [0.1, 0.15) is 0 Å². The van der Waals surface area contributed by atoms with Crippen molar-refractivity contribution in [1.29, 1.82) is 0 Å². The zero-order valence-corrected chi connectivity index (χ0v) is 11.2. The van der Waals surface area contributed by atoms with Gasteiger partial charge in [0.25, 0.3) is 0 Å². The lowest BCUT2D eigenvalue weighted by Gasteiger charge is -2.26. The Morgan fingerprint density at radius 2 is 1.50 bits per heavy atom. The average molecular weight is 194 g/mol. The molecule has 0 aliphatic rings. The van der Waals surface area contributed by atoms with Crippen LogP contribution in [0.3, 0.4) is 0 Å². The standard InChI is InChI=1S/C14H26/c1-9-13(14(6,7)8)12(5)11(4)10(2)3/h9-10H,1-8H3/b12-11+,13-9+. The van der Waals surface area contributed by atoms with E-state index in [-0.39, 0.29) is 5.41 Å². The first-order valence-corrected chi connectivity index (χ1v) is 5.56. The van der Waals surface area contributed by atoms with Crippen LogP contribution in [0.5, 0.6) is 0 Å². The van der Waals surface area contributed by atoms with Crippen molar-refractivity contribution in [3.63, 3.8) is 0 Å². The van der Waals surface area contributed by atoms with Gasteiger partial charge in [-0.25, -0.2) is 0 Å². The van der Waals surface area contributed by atoms with Gasteiger partial charge in [0.15, 0.2) is 0 Å². The SMILES string of the molecule is C/C=C(\C(C)=C(/C)C(C)C)C(C)(C)C. The highest BCUT2D eigenvalue weighted by Crippen LogP contribution is 2.33. The van der Waals surface area contributed by atoms with E-state index in [1.807, 2.05) is 0 Å². The van der Waals surface area contributed by atoms with Crippen LogP contribution in [0.25, 0.3) is 0 Å². The Hall–Kier alpha value is -0.520. The third kappa shape index (κ3) is 3.32. The molecule has 0 heteroatoms. The van der Waals surface area contributed by atoms with E-state index in [1.54, 1.807) is 0 Å². The van der Waals surface area contributed by atoms with Crippen LogP contribution in [-0.2, 0) is 0 Å². The summed E-state index contributed by atoms with van der Waals surface area (Å²) in [4.78, 5) is 0. The van der Waals surface area contributed by atoms with Gasteiger partial charge >= 0.3 is 0 Å². The van der Waals surface area contributed by atoms with E-state index in [4.69, 9.17) is 0 Å². The fourth-order valence-corrected chi connectivity index (χ4v) is 1.86. The molecule has 0 aromatic heterocycles. The molecular weight excluding hydrogens is 168 g/mol. The number of hydrogen-bond acceptors (Lipinski definition) is 0. The predicted molar refractivity (Wildman–Crippen MR) is 66.4 cm³/mol. The molecule has 0 bridgehead atoms. The monoisotopic (exact) mass is 194 g/mol. The molecule has 0 atom stereocenters. The minimum Gasteiger partial charge on any atom is -0.0836 e. The van der Waals surface area contributed by atoms with E-state index in [1.165, 1.54) is 16.7 Å². The summed E-state index contributed by atoms with van der Waals surface area (Å²) in [6.45, 7) is 18.0. The quantitative estimate of drug-likeness (QED) is 0.544. The highest BCUT2D eigenvalue weighted by atomic mass is 14.2. The molecule has 0 aliphatic carbocycles. The molecule has 0 fully saturated rings. The molecule has 0 spiro atoms. The first-order valence-electron chi connectivity index (χ1n) is 5.56. The van der Waals surface area contributed by atoms with E-state index >= 15 is 0 Å². The van der Waals surface area contributed by atoms with Crippen molar-refractivity contribution in [2.75, 3.05) is 0 Å². The van der Waals surface area contributed by atoms with Crippen molar-refractivity contribution < 1.29 is 0 Å². The van der Waals surface area contributed by atoms with Gasteiger partial charge in [0.2, 0.25) is 0 Å². The van der Waals surface area contributed by atoms with Crippen molar-refractivity contribution in [2.45, 2.75) is 55.4 Å². The maximum Gasteiger partial charge on any atom is -0.0133 e. The van der Waals surface area contributed by atoms with Crippen LogP contribution in [-0.4, -0.2) is 0 Å². The van der Waals surface area contributed by atoms with Crippen LogP contribution in [0.15, 0.2) is 22.8 Å². The smallest absolute Gasteiger partial charge is 0.0133 e. The third-order valence-electron chi connectivity index (χ3n) is 2.96. The number of allylic oxidation sites excluding steroid dienone is 4.